The number of benzene rings is 1. The van der Waals surface area contributed by atoms with E-state index in [4.69, 9.17) is 4.74 Å². The first-order valence-corrected chi connectivity index (χ1v) is 9.52. The number of fused-ring (bicyclic) bond motifs is 5. The highest BCUT2D eigenvalue weighted by atomic mass is 16.5. The van der Waals surface area contributed by atoms with Gasteiger partial charge in [0, 0.05) is 5.56 Å². The normalized spacial score (nSPS) is 29.8. The van der Waals surface area contributed by atoms with Gasteiger partial charge in [0.1, 0.15) is 6.04 Å². The molecule has 0 radical (unpaired) electrons. The van der Waals surface area contributed by atoms with Crippen LogP contribution >= 0.6 is 0 Å². The molecule has 0 unspecified atom stereocenters. The fourth-order valence-corrected chi connectivity index (χ4v) is 5.00. The first kappa shape index (κ1) is 17.9. The number of esters is 1. The average Bonchev–Trinajstić information content (AvgIpc) is 3.33. The maximum absolute atomic E-state index is 12.8. The minimum atomic E-state index is -0.999. The van der Waals surface area contributed by atoms with Crippen molar-refractivity contribution >= 4 is 23.6 Å². The monoisotopic (exact) mass is 369 g/mol. The number of ether oxygens (including phenoxy) is 1. The molecule has 6 nitrogen and oxygen atoms in total. The molecule has 2 bridgehead atoms. The second-order valence-corrected chi connectivity index (χ2v) is 8.00. The Kier molecular flexibility index (Phi) is 4.36. The summed E-state index contributed by atoms with van der Waals surface area (Å²) in [5.74, 6) is -1.51. The molecule has 4 rings (SSSR count). The van der Waals surface area contributed by atoms with Gasteiger partial charge in [-0.05, 0) is 44.9 Å². The lowest BCUT2D eigenvalue weighted by Crippen LogP contribution is -2.45. The molecule has 0 N–H and O–H groups in total. The lowest BCUT2D eigenvalue weighted by Gasteiger charge is -2.22. The number of ketones is 1. The van der Waals surface area contributed by atoms with Crippen molar-refractivity contribution in [2.75, 3.05) is 6.61 Å². The second kappa shape index (κ2) is 6.59. The quantitative estimate of drug-likeness (QED) is 0.451. The van der Waals surface area contributed by atoms with Crippen molar-refractivity contribution in [3.63, 3.8) is 0 Å². The Morgan fingerprint density at radius 3 is 2.19 bits per heavy atom. The van der Waals surface area contributed by atoms with Crippen molar-refractivity contribution in [2.24, 2.45) is 23.7 Å². The molecular weight excluding hydrogens is 346 g/mol. The fraction of sp³-hybridized carbons (Fsp3) is 0.524. The zero-order valence-corrected chi connectivity index (χ0v) is 15.5. The average molecular weight is 369 g/mol. The van der Waals surface area contributed by atoms with Gasteiger partial charge in [-0.25, -0.2) is 4.79 Å². The van der Waals surface area contributed by atoms with E-state index in [9.17, 15) is 19.2 Å². The number of likely N-dealkylation sites (tertiary alicyclic amines) is 1. The van der Waals surface area contributed by atoms with Crippen molar-refractivity contribution in [2.45, 2.75) is 39.2 Å². The van der Waals surface area contributed by atoms with Gasteiger partial charge in [-0.2, -0.15) is 0 Å². The highest BCUT2D eigenvalue weighted by Crippen LogP contribution is 2.56. The molecule has 3 fully saturated rings. The summed E-state index contributed by atoms with van der Waals surface area (Å²) in [4.78, 5) is 51.1. The van der Waals surface area contributed by atoms with Gasteiger partial charge >= 0.3 is 5.97 Å². The molecule has 2 amide bonds. The van der Waals surface area contributed by atoms with E-state index >= 15 is 0 Å². The van der Waals surface area contributed by atoms with Crippen molar-refractivity contribution in [1.82, 2.24) is 4.90 Å². The summed E-state index contributed by atoms with van der Waals surface area (Å²) in [6, 6.07) is 5.98. The van der Waals surface area contributed by atoms with Crippen molar-refractivity contribution < 1.29 is 23.9 Å². The number of aryl methyl sites for hydroxylation is 1. The van der Waals surface area contributed by atoms with Crippen LogP contribution in [0.15, 0.2) is 24.3 Å². The maximum Gasteiger partial charge on any atom is 0.329 e. The second-order valence-electron chi connectivity index (χ2n) is 8.00. The Hall–Kier alpha value is -2.50. The summed E-state index contributed by atoms with van der Waals surface area (Å²) in [5.41, 5.74) is 1.49. The van der Waals surface area contributed by atoms with Gasteiger partial charge in [-0.1, -0.05) is 29.8 Å². The molecule has 3 aliphatic rings. The van der Waals surface area contributed by atoms with E-state index in [-0.39, 0.29) is 41.3 Å². The molecule has 6 heteroatoms. The fourth-order valence-electron chi connectivity index (χ4n) is 5.00. The van der Waals surface area contributed by atoms with E-state index in [1.54, 1.807) is 12.1 Å². The molecular formula is C21H23NO5. The Bertz CT molecular complexity index is 786. The number of carbonyl (C=O) groups excluding carboxylic acids is 4. The van der Waals surface area contributed by atoms with E-state index < -0.39 is 18.6 Å². The molecule has 27 heavy (non-hydrogen) atoms. The van der Waals surface area contributed by atoms with Crippen LogP contribution in [-0.2, 0) is 19.1 Å². The molecule has 5 atom stereocenters. The van der Waals surface area contributed by atoms with Gasteiger partial charge in [0.05, 0.1) is 11.8 Å². The summed E-state index contributed by atoms with van der Waals surface area (Å²) in [5, 5.41) is 0. The van der Waals surface area contributed by atoms with Crippen molar-refractivity contribution in [3.05, 3.63) is 35.4 Å². The summed E-state index contributed by atoms with van der Waals surface area (Å²) < 4.78 is 5.12. The highest BCUT2D eigenvalue weighted by Gasteiger charge is 2.62. The zero-order chi connectivity index (χ0) is 19.3. The van der Waals surface area contributed by atoms with Gasteiger partial charge in [0.15, 0.2) is 12.4 Å². The Morgan fingerprint density at radius 2 is 1.63 bits per heavy atom. The third-order valence-electron chi connectivity index (χ3n) is 6.41. The van der Waals surface area contributed by atoms with Crippen molar-refractivity contribution in [1.29, 1.82) is 0 Å². The van der Waals surface area contributed by atoms with Gasteiger partial charge in [-0.3, -0.25) is 19.3 Å². The summed E-state index contributed by atoms with van der Waals surface area (Å²) in [6.45, 7) is 3.01. The number of Topliss-reactive ketones (excluding diaryl/α,β-unsaturated/α-hetero) is 1. The van der Waals surface area contributed by atoms with Gasteiger partial charge < -0.3 is 4.74 Å². The van der Waals surface area contributed by atoms with Crippen LogP contribution in [0.25, 0.3) is 0 Å². The van der Waals surface area contributed by atoms with Crippen LogP contribution in [0.4, 0.5) is 0 Å². The van der Waals surface area contributed by atoms with E-state index in [2.05, 4.69) is 0 Å². The SMILES string of the molecule is Cc1ccc(C(=O)COC(=O)[C@H](C)N2C(=O)[C@@H]3[C@@H]4CC[C@@H](C4)[C@@H]3C2=O)cc1. The number of rotatable bonds is 5. The van der Waals surface area contributed by atoms with E-state index in [1.165, 1.54) is 6.92 Å². The van der Waals surface area contributed by atoms with Crippen LogP contribution in [0.1, 0.15) is 42.1 Å². The summed E-state index contributed by atoms with van der Waals surface area (Å²) in [7, 11) is 0. The van der Waals surface area contributed by atoms with Gasteiger partial charge in [0.25, 0.3) is 0 Å². The minimum Gasteiger partial charge on any atom is -0.456 e. The van der Waals surface area contributed by atoms with E-state index in [1.807, 2.05) is 19.1 Å². The van der Waals surface area contributed by atoms with Gasteiger partial charge in [-0.15, -0.1) is 0 Å². The lowest BCUT2D eigenvalue weighted by atomic mass is 9.81. The van der Waals surface area contributed by atoms with Crippen LogP contribution in [-0.4, -0.2) is 41.1 Å². The van der Waals surface area contributed by atoms with Crippen LogP contribution in [0.5, 0.6) is 0 Å². The standard InChI is InChI=1S/C21H23NO5/c1-11-3-5-13(6-4-11)16(23)10-27-21(26)12(2)22-19(24)17-14-7-8-15(9-14)18(17)20(22)25/h3-6,12,14-15,17-18H,7-10H2,1-2H3/t12-,14-,15+,17-,18+/m0/s1. The zero-order valence-electron chi connectivity index (χ0n) is 15.5. The predicted octanol–water partition coefficient (Wildman–Crippen LogP) is 2.14. The Balaban J connectivity index is 1.39. The molecule has 2 saturated carbocycles. The van der Waals surface area contributed by atoms with Crippen LogP contribution in [0.2, 0.25) is 0 Å². The Labute approximate surface area is 157 Å². The smallest absolute Gasteiger partial charge is 0.329 e. The molecule has 1 aliphatic heterocycles. The molecule has 2 aliphatic carbocycles. The highest BCUT2D eigenvalue weighted by molar-refractivity contribution is 6.08. The first-order chi connectivity index (χ1) is 12.9. The predicted molar refractivity (Wildman–Crippen MR) is 95.6 cm³/mol. The molecule has 1 heterocycles. The molecule has 1 aromatic rings. The van der Waals surface area contributed by atoms with Crippen LogP contribution < -0.4 is 0 Å². The van der Waals surface area contributed by atoms with Gasteiger partial charge in [0.2, 0.25) is 11.8 Å². The van der Waals surface area contributed by atoms with Crippen molar-refractivity contribution in [3.8, 4) is 0 Å². The van der Waals surface area contributed by atoms with Crippen LogP contribution in [0, 0.1) is 30.6 Å². The van der Waals surface area contributed by atoms with E-state index in [0.29, 0.717) is 5.56 Å². The Morgan fingerprint density at radius 1 is 1.07 bits per heavy atom. The number of hydrogen-bond donors (Lipinski definition) is 0. The maximum atomic E-state index is 12.8. The summed E-state index contributed by atoms with van der Waals surface area (Å²) >= 11 is 0. The molecule has 0 aromatic heterocycles. The number of carbonyl (C=O) groups is 4. The number of amides is 2. The summed E-state index contributed by atoms with van der Waals surface area (Å²) in [6.07, 6.45) is 2.93. The molecule has 1 aromatic carbocycles. The number of imide groups is 1. The minimum absolute atomic E-state index is 0.244. The number of nitrogens with zero attached hydrogens (tertiary/aromatic N) is 1. The molecule has 142 valence electrons. The first-order valence-electron chi connectivity index (χ1n) is 9.52. The molecule has 1 saturated heterocycles. The third kappa shape index (κ3) is 2.87. The largest absolute Gasteiger partial charge is 0.456 e. The lowest BCUT2D eigenvalue weighted by molar-refractivity contribution is -0.157. The number of hydrogen-bond acceptors (Lipinski definition) is 5. The molecule has 0 spiro atoms. The van der Waals surface area contributed by atoms with E-state index in [0.717, 1.165) is 29.7 Å². The van der Waals surface area contributed by atoms with Crippen LogP contribution in [0.3, 0.4) is 0 Å². The third-order valence-corrected chi connectivity index (χ3v) is 6.41. The topological polar surface area (TPSA) is 80.8 Å².